The molecule has 106 valence electrons. The predicted molar refractivity (Wildman–Crippen MR) is 80.4 cm³/mol. The van der Waals surface area contributed by atoms with Crippen LogP contribution in [0.2, 0.25) is 0 Å². The van der Waals surface area contributed by atoms with Crippen molar-refractivity contribution < 1.29 is 4.92 Å². The van der Waals surface area contributed by atoms with Crippen molar-refractivity contribution in [3.8, 4) is 0 Å². The van der Waals surface area contributed by atoms with Crippen molar-refractivity contribution in [2.24, 2.45) is 5.11 Å². The minimum Gasteiger partial charge on any atom is -0.373 e. The average Bonchev–Trinajstić information content (AvgIpc) is 2.49. The Morgan fingerprint density at radius 3 is 2.62 bits per heavy atom. The largest absolute Gasteiger partial charge is 0.373 e. The van der Waals surface area contributed by atoms with E-state index in [1.54, 1.807) is 6.07 Å². The van der Waals surface area contributed by atoms with Gasteiger partial charge < -0.3 is 5.32 Å². The van der Waals surface area contributed by atoms with E-state index in [2.05, 4.69) is 15.3 Å². The van der Waals surface area contributed by atoms with Gasteiger partial charge >= 0.3 is 0 Å². The minimum atomic E-state index is -0.504. The first-order valence-electron chi connectivity index (χ1n) is 6.27. The van der Waals surface area contributed by atoms with Crippen LogP contribution in [0.1, 0.15) is 18.5 Å². The summed E-state index contributed by atoms with van der Waals surface area (Å²) < 4.78 is 0. The highest BCUT2D eigenvalue weighted by molar-refractivity contribution is 5.67. The highest BCUT2D eigenvalue weighted by Crippen LogP contribution is 2.31. The van der Waals surface area contributed by atoms with Crippen LogP contribution < -0.4 is 5.32 Å². The molecule has 0 bridgehead atoms. The molecule has 0 aromatic heterocycles. The number of anilines is 1. The van der Waals surface area contributed by atoms with Crippen LogP contribution >= 0.6 is 0 Å². The third kappa shape index (κ3) is 3.49. The van der Waals surface area contributed by atoms with E-state index >= 15 is 0 Å². The molecule has 0 aliphatic heterocycles. The molecular weight excluding hydrogens is 270 g/mol. The van der Waals surface area contributed by atoms with Gasteiger partial charge in [-0.15, -0.1) is 0 Å². The van der Waals surface area contributed by atoms with Gasteiger partial charge in [0, 0.05) is 22.7 Å². The molecule has 0 saturated heterocycles. The molecule has 0 fully saturated rings. The summed E-state index contributed by atoms with van der Waals surface area (Å²) in [6, 6.07) is 13.9. The van der Waals surface area contributed by atoms with Crippen LogP contribution in [-0.2, 0) is 0 Å². The molecule has 1 atom stereocenters. The fourth-order valence-corrected chi connectivity index (χ4v) is 1.97. The number of nitro groups is 1. The van der Waals surface area contributed by atoms with E-state index in [0.717, 1.165) is 5.56 Å². The second kappa shape index (κ2) is 6.40. The average molecular weight is 283 g/mol. The SMILES string of the molecule is C[C@@H](Nc1ccc(N=[N+]=[N-])cc1[N+](=O)[O-])c1ccccc1. The minimum absolute atomic E-state index is 0.0878. The number of nitrogens with zero attached hydrogens (tertiary/aromatic N) is 4. The van der Waals surface area contributed by atoms with E-state index < -0.39 is 4.92 Å². The standard InChI is InChI=1S/C14H13N5O2/c1-10(11-5-3-2-4-6-11)16-13-8-7-12(17-18-15)9-14(13)19(20)21/h2-10,16H,1H3/t10-/m1/s1. The number of rotatable bonds is 5. The number of nitro benzene ring substituents is 1. The highest BCUT2D eigenvalue weighted by atomic mass is 16.6. The van der Waals surface area contributed by atoms with E-state index in [1.165, 1.54) is 12.1 Å². The van der Waals surface area contributed by atoms with Crippen molar-refractivity contribution in [3.63, 3.8) is 0 Å². The molecule has 0 saturated carbocycles. The summed E-state index contributed by atoms with van der Waals surface area (Å²) in [5, 5.41) is 17.6. The molecule has 21 heavy (non-hydrogen) atoms. The Kier molecular flexibility index (Phi) is 4.38. The van der Waals surface area contributed by atoms with Gasteiger partial charge in [-0.25, -0.2) is 0 Å². The van der Waals surface area contributed by atoms with E-state index in [1.807, 2.05) is 37.3 Å². The molecular formula is C14H13N5O2. The summed E-state index contributed by atoms with van der Waals surface area (Å²) in [4.78, 5) is 13.3. The monoisotopic (exact) mass is 283 g/mol. The second-order valence-electron chi connectivity index (χ2n) is 4.42. The molecule has 7 heteroatoms. The van der Waals surface area contributed by atoms with Crippen molar-refractivity contribution in [1.82, 2.24) is 0 Å². The third-order valence-electron chi connectivity index (χ3n) is 3.01. The Labute approximate surface area is 121 Å². The Morgan fingerprint density at radius 1 is 1.29 bits per heavy atom. The summed E-state index contributed by atoms with van der Waals surface area (Å²) in [6.45, 7) is 1.92. The van der Waals surface area contributed by atoms with Gasteiger partial charge in [0.2, 0.25) is 0 Å². The molecule has 0 aliphatic rings. The quantitative estimate of drug-likeness (QED) is 0.282. The van der Waals surface area contributed by atoms with Crippen LogP contribution in [0.5, 0.6) is 0 Å². The van der Waals surface area contributed by atoms with Crippen molar-refractivity contribution in [2.45, 2.75) is 13.0 Å². The first kappa shape index (κ1) is 14.4. The topological polar surface area (TPSA) is 104 Å². The van der Waals surface area contributed by atoms with Crippen molar-refractivity contribution >= 4 is 17.1 Å². The van der Waals surface area contributed by atoms with Gasteiger partial charge in [0.15, 0.2) is 0 Å². The second-order valence-corrected chi connectivity index (χ2v) is 4.42. The maximum Gasteiger partial charge on any atom is 0.292 e. The zero-order chi connectivity index (χ0) is 15.2. The van der Waals surface area contributed by atoms with Crippen LogP contribution in [0.3, 0.4) is 0 Å². The first-order chi connectivity index (χ1) is 10.1. The van der Waals surface area contributed by atoms with Crippen LogP contribution in [0.15, 0.2) is 53.6 Å². The lowest BCUT2D eigenvalue weighted by atomic mass is 10.1. The summed E-state index contributed by atoms with van der Waals surface area (Å²) in [7, 11) is 0. The van der Waals surface area contributed by atoms with E-state index in [9.17, 15) is 10.1 Å². The van der Waals surface area contributed by atoms with Crippen molar-refractivity contribution in [2.75, 3.05) is 5.32 Å². The number of nitrogens with one attached hydrogen (secondary N) is 1. The lowest BCUT2D eigenvalue weighted by Gasteiger charge is -2.15. The maximum atomic E-state index is 11.1. The summed E-state index contributed by atoms with van der Waals surface area (Å²) in [5.41, 5.74) is 9.88. The molecule has 2 aromatic rings. The summed E-state index contributed by atoms with van der Waals surface area (Å²) >= 11 is 0. The van der Waals surface area contributed by atoms with Crippen LogP contribution in [0, 0.1) is 10.1 Å². The molecule has 2 aromatic carbocycles. The van der Waals surface area contributed by atoms with Gasteiger partial charge in [0.05, 0.1) is 4.92 Å². The number of hydrogen-bond donors (Lipinski definition) is 1. The zero-order valence-corrected chi connectivity index (χ0v) is 11.3. The molecule has 0 heterocycles. The molecule has 0 aliphatic carbocycles. The van der Waals surface area contributed by atoms with Crippen LogP contribution in [-0.4, -0.2) is 4.92 Å². The Morgan fingerprint density at radius 2 is 2.00 bits per heavy atom. The fourth-order valence-electron chi connectivity index (χ4n) is 1.97. The lowest BCUT2D eigenvalue weighted by molar-refractivity contribution is -0.383. The van der Waals surface area contributed by atoms with Gasteiger partial charge in [-0.2, -0.15) is 0 Å². The van der Waals surface area contributed by atoms with Gasteiger partial charge in [0.1, 0.15) is 5.69 Å². The van der Waals surface area contributed by atoms with Crippen LogP contribution in [0.4, 0.5) is 17.1 Å². The maximum absolute atomic E-state index is 11.1. The summed E-state index contributed by atoms with van der Waals surface area (Å²) in [6.07, 6.45) is 0. The van der Waals surface area contributed by atoms with Gasteiger partial charge in [0.25, 0.3) is 5.69 Å². The summed E-state index contributed by atoms with van der Waals surface area (Å²) in [5.74, 6) is 0. The molecule has 7 nitrogen and oxygen atoms in total. The van der Waals surface area contributed by atoms with Crippen molar-refractivity contribution in [1.29, 1.82) is 0 Å². The molecule has 2 rings (SSSR count). The van der Waals surface area contributed by atoms with Gasteiger partial charge in [-0.3, -0.25) is 10.1 Å². The normalized spacial score (nSPS) is 11.3. The number of hydrogen-bond acceptors (Lipinski definition) is 4. The zero-order valence-electron chi connectivity index (χ0n) is 11.3. The number of azide groups is 1. The van der Waals surface area contributed by atoms with Crippen LogP contribution in [0.25, 0.3) is 10.4 Å². The molecule has 0 radical (unpaired) electrons. The number of benzene rings is 2. The molecule has 1 N–H and O–H groups in total. The third-order valence-corrected chi connectivity index (χ3v) is 3.01. The molecule has 0 unspecified atom stereocenters. The van der Waals surface area contributed by atoms with Gasteiger partial charge in [-0.1, -0.05) is 41.5 Å². The first-order valence-corrected chi connectivity index (χ1v) is 6.27. The fraction of sp³-hybridized carbons (Fsp3) is 0.143. The molecule has 0 spiro atoms. The predicted octanol–water partition coefficient (Wildman–Crippen LogP) is 4.71. The van der Waals surface area contributed by atoms with E-state index in [4.69, 9.17) is 5.53 Å². The molecule has 0 amide bonds. The Bertz CT molecular complexity index is 696. The van der Waals surface area contributed by atoms with Crippen molar-refractivity contribution in [3.05, 3.63) is 74.7 Å². The highest BCUT2D eigenvalue weighted by Gasteiger charge is 2.16. The van der Waals surface area contributed by atoms with E-state index in [0.29, 0.717) is 5.69 Å². The smallest absolute Gasteiger partial charge is 0.292 e. The lowest BCUT2D eigenvalue weighted by Crippen LogP contribution is -2.08. The Hall–Kier alpha value is -3.05. The van der Waals surface area contributed by atoms with E-state index in [-0.39, 0.29) is 17.4 Å². The van der Waals surface area contributed by atoms with Gasteiger partial charge in [-0.05, 0) is 24.1 Å². The Balaban J connectivity index is 2.31.